The van der Waals surface area contributed by atoms with Gasteiger partial charge in [0.15, 0.2) is 5.82 Å². The van der Waals surface area contributed by atoms with Crippen LogP contribution in [0.15, 0.2) is 18.3 Å². The Morgan fingerprint density at radius 2 is 2.20 bits per heavy atom. The summed E-state index contributed by atoms with van der Waals surface area (Å²) in [7, 11) is 0. The van der Waals surface area contributed by atoms with Gasteiger partial charge >= 0.3 is 5.97 Å². The molecule has 0 saturated heterocycles. The topological polar surface area (TPSA) is 111 Å². The van der Waals surface area contributed by atoms with Crippen LogP contribution in [-0.4, -0.2) is 43.1 Å². The van der Waals surface area contributed by atoms with E-state index in [-0.39, 0.29) is 23.7 Å². The maximum absolute atomic E-state index is 14.7. The Morgan fingerprint density at radius 3 is 2.91 bits per heavy atom. The maximum Gasteiger partial charge on any atom is 0.309 e. The van der Waals surface area contributed by atoms with E-state index in [0.29, 0.717) is 30.8 Å². The second kappa shape index (κ2) is 8.34. The standard InChI is InChI=1S/C25H30FN7O2/c1-14(25(3,4)24(34)35)7-16-8-18-20(11-28-16)30-32-15(2)12-31(13-22(18)32)21-6-5-17(9-27)33-23(21)19(26)10-29-33/h5-6,10,14-16,28H,7-8,11-13H2,1-4H3,(H,34,35)/t14?,15-,16+/m1/s1. The van der Waals surface area contributed by atoms with Crippen molar-refractivity contribution in [2.24, 2.45) is 11.3 Å². The number of hydrogen-bond acceptors (Lipinski definition) is 6. The molecule has 0 spiro atoms. The zero-order valence-electron chi connectivity index (χ0n) is 20.4. The van der Waals surface area contributed by atoms with Gasteiger partial charge in [-0.3, -0.25) is 9.48 Å². The molecule has 10 heteroatoms. The van der Waals surface area contributed by atoms with Gasteiger partial charge in [0.2, 0.25) is 0 Å². The Bertz CT molecular complexity index is 1350. The summed E-state index contributed by atoms with van der Waals surface area (Å²) in [5.41, 5.74) is 3.82. The van der Waals surface area contributed by atoms with Crippen molar-refractivity contribution in [3.63, 3.8) is 0 Å². The highest BCUT2D eigenvalue weighted by molar-refractivity contribution is 5.75. The van der Waals surface area contributed by atoms with Crippen molar-refractivity contribution < 1.29 is 14.3 Å². The van der Waals surface area contributed by atoms with E-state index in [9.17, 15) is 19.6 Å². The molecule has 0 bridgehead atoms. The van der Waals surface area contributed by atoms with Gasteiger partial charge in [0.25, 0.3) is 0 Å². The zero-order chi connectivity index (χ0) is 25.1. The number of pyridine rings is 1. The number of carboxylic acids is 1. The summed E-state index contributed by atoms with van der Waals surface area (Å²) < 4.78 is 18.2. The second-order valence-corrected chi connectivity index (χ2v) is 10.5. The number of aromatic nitrogens is 4. The van der Waals surface area contributed by atoms with Gasteiger partial charge in [-0.05, 0) is 51.7 Å². The van der Waals surface area contributed by atoms with Crippen LogP contribution < -0.4 is 10.2 Å². The molecule has 1 unspecified atom stereocenters. The molecule has 0 saturated carbocycles. The Balaban J connectivity index is 1.45. The van der Waals surface area contributed by atoms with Gasteiger partial charge in [-0.1, -0.05) is 6.92 Å². The molecule has 0 fully saturated rings. The van der Waals surface area contributed by atoms with Crippen molar-refractivity contribution in [3.8, 4) is 6.07 Å². The molecule has 5 rings (SSSR count). The van der Waals surface area contributed by atoms with Crippen LogP contribution in [0.5, 0.6) is 0 Å². The molecule has 5 heterocycles. The highest BCUT2D eigenvalue weighted by Crippen LogP contribution is 2.36. The zero-order valence-corrected chi connectivity index (χ0v) is 20.4. The van der Waals surface area contributed by atoms with Gasteiger partial charge < -0.3 is 15.3 Å². The Labute approximate surface area is 203 Å². The van der Waals surface area contributed by atoms with Gasteiger partial charge in [0, 0.05) is 24.7 Å². The summed E-state index contributed by atoms with van der Waals surface area (Å²) in [5, 5.41) is 31.5. The summed E-state index contributed by atoms with van der Waals surface area (Å²) in [4.78, 5) is 13.8. The molecule has 0 aromatic carbocycles. The number of carbonyl (C=O) groups is 1. The summed E-state index contributed by atoms with van der Waals surface area (Å²) in [5.74, 6) is -1.24. The minimum atomic E-state index is -0.804. The van der Waals surface area contributed by atoms with Crippen LogP contribution in [0.2, 0.25) is 0 Å². The van der Waals surface area contributed by atoms with Crippen molar-refractivity contribution in [3.05, 3.63) is 46.8 Å². The SMILES string of the molecule is CC(C[C@H]1Cc2c(nn3c2CN(c2ccc(C#N)n4ncc(F)c24)C[C@H]3C)CN1)C(C)(C)C(=O)O. The first-order valence-electron chi connectivity index (χ1n) is 12.0. The highest BCUT2D eigenvalue weighted by atomic mass is 19.1. The predicted molar refractivity (Wildman–Crippen MR) is 127 cm³/mol. The first-order valence-corrected chi connectivity index (χ1v) is 12.0. The summed E-state index contributed by atoms with van der Waals surface area (Å²) in [6, 6.07) is 5.77. The molecule has 2 aliphatic heterocycles. The van der Waals surface area contributed by atoms with Crippen molar-refractivity contribution in [2.45, 2.75) is 65.7 Å². The van der Waals surface area contributed by atoms with Crippen LogP contribution in [0.25, 0.3) is 5.52 Å². The molecule has 3 atom stereocenters. The largest absolute Gasteiger partial charge is 0.481 e. The van der Waals surface area contributed by atoms with Crippen LogP contribution in [0.1, 0.15) is 62.8 Å². The van der Waals surface area contributed by atoms with E-state index in [4.69, 9.17) is 5.10 Å². The van der Waals surface area contributed by atoms with Crippen molar-refractivity contribution in [1.82, 2.24) is 24.7 Å². The fourth-order valence-corrected chi connectivity index (χ4v) is 5.34. The number of carboxylic acid groups (broad SMARTS) is 1. The first kappa shape index (κ1) is 23.3. The molecule has 3 aromatic rings. The molecular weight excluding hydrogens is 449 g/mol. The molecule has 2 aliphatic rings. The maximum atomic E-state index is 14.7. The quantitative estimate of drug-likeness (QED) is 0.578. The van der Waals surface area contributed by atoms with Gasteiger partial charge in [-0.15, -0.1) is 0 Å². The van der Waals surface area contributed by atoms with Crippen molar-refractivity contribution >= 4 is 17.2 Å². The van der Waals surface area contributed by atoms with Gasteiger partial charge in [-0.25, -0.2) is 8.91 Å². The van der Waals surface area contributed by atoms with E-state index < -0.39 is 17.2 Å². The monoisotopic (exact) mass is 479 g/mol. The summed E-state index contributed by atoms with van der Waals surface area (Å²) >= 11 is 0. The number of aliphatic carboxylic acids is 1. The molecule has 0 amide bonds. The number of halogens is 1. The molecular formula is C25H30FN7O2. The molecule has 0 radical (unpaired) electrons. The molecule has 3 aromatic heterocycles. The van der Waals surface area contributed by atoms with Gasteiger partial charge in [-0.2, -0.15) is 15.5 Å². The lowest BCUT2D eigenvalue weighted by Gasteiger charge is -2.35. The number of rotatable bonds is 5. The lowest BCUT2D eigenvalue weighted by molar-refractivity contribution is -0.150. The van der Waals surface area contributed by atoms with E-state index in [1.54, 1.807) is 26.0 Å². The molecule has 2 N–H and O–H groups in total. The Hall–Kier alpha value is -3.45. The smallest absolute Gasteiger partial charge is 0.309 e. The number of nitrogens with one attached hydrogen (secondary N) is 1. The number of nitriles is 1. The third kappa shape index (κ3) is 3.74. The van der Waals surface area contributed by atoms with E-state index in [1.165, 1.54) is 10.1 Å². The average molecular weight is 480 g/mol. The number of hydrogen-bond donors (Lipinski definition) is 2. The molecule has 35 heavy (non-hydrogen) atoms. The van der Waals surface area contributed by atoms with Crippen LogP contribution in [0.4, 0.5) is 10.1 Å². The van der Waals surface area contributed by atoms with Crippen LogP contribution in [0.3, 0.4) is 0 Å². The number of anilines is 1. The van der Waals surface area contributed by atoms with E-state index in [2.05, 4.69) is 33.0 Å². The van der Waals surface area contributed by atoms with E-state index in [1.807, 2.05) is 6.92 Å². The minimum absolute atomic E-state index is 0.00218. The van der Waals surface area contributed by atoms with Gasteiger partial charge in [0.05, 0.1) is 41.3 Å². The Morgan fingerprint density at radius 1 is 1.43 bits per heavy atom. The molecule has 0 aliphatic carbocycles. The fraction of sp³-hybridized carbons (Fsp3) is 0.520. The van der Waals surface area contributed by atoms with Crippen LogP contribution in [-0.2, 0) is 24.3 Å². The lowest BCUT2D eigenvalue weighted by atomic mass is 9.75. The molecule has 184 valence electrons. The number of fused-ring (bicyclic) bond motifs is 4. The first-order chi connectivity index (χ1) is 16.6. The summed E-state index contributed by atoms with van der Waals surface area (Å²) in [6.07, 6.45) is 2.67. The van der Waals surface area contributed by atoms with Crippen LogP contribution >= 0.6 is 0 Å². The highest BCUT2D eigenvalue weighted by Gasteiger charge is 2.37. The van der Waals surface area contributed by atoms with Crippen LogP contribution in [0, 0.1) is 28.5 Å². The lowest BCUT2D eigenvalue weighted by Crippen LogP contribution is -2.41. The third-order valence-corrected chi connectivity index (χ3v) is 7.92. The minimum Gasteiger partial charge on any atom is -0.481 e. The predicted octanol–water partition coefficient (Wildman–Crippen LogP) is 3.27. The molecule has 9 nitrogen and oxygen atoms in total. The fourth-order valence-electron chi connectivity index (χ4n) is 5.34. The third-order valence-electron chi connectivity index (χ3n) is 7.92. The normalized spacial score (nSPS) is 20.9. The van der Waals surface area contributed by atoms with Crippen molar-refractivity contribution in [2.75, 3.05) is 11.4 Å². The van der Waals surface area contributed by atoms with E-state index in [0.717, 1.165) is 30.4 Å². The Kier molecular flexibility index (Phi) is 5.55. The van der Waals surface area contributed by atoms with E-state index >= 15 is 0 Å². The number of nitrogens with zero attached hydrogens (tertiary/aromatic N) is 6. The van der Waals surface area contributed by atoms with Crippen molar-refractivity contribution in [1.29, 1.82) is 5.26 Å². The average Bonchev–Trinajstić information content (AvgIpc) is 3.39. The van der Waals surface area contributed by atoms with Gasteiger partial charge in [0.1, 0.15) is 17.3 Å². The second-order valence-electron chi connectivity index (χ2n) is 10.5. The summed E-state index contributed by atoms with van der Waals surface area (Å²) in [6.45, 7) is 9.53.